The van der Waals surface area contributed by atoms with Gasteiger partial charge in [-0.2, -0.15) is 0 Å². The number of sulfone groups is 1. The van der Waals surface area contributed by atoms with E-state index in [1.807, 2.05) is 0 Å². The van der Waals surface area contributed by atoms with Crippen molar-refractivity contribution in [1.82, 2.24) is 10.6 Å². The molecule has 118 valence electrons. The Labute approximate surface area is 141 Å². The minimum Gasteiger partial charge on any atom is -0.355 e. The topological polar surface area (TPSA) is 70.6 Å². The van der Waals surface area contributed by atoms with E-state index in [4.69, 9.17) is 0 Å². The van der Waals surface area contributed by atoms with Gasteiger partial charge in [0.05, 0.1) is 5.75 Å². The predicted molar refractivity (Wildman–Crippen MR) is 93.4 cm³/mol. The number of hydrogen-bond donors (Lipinski definition) is 2. The van der Waals surface area contributed by atoms with Gasteiger partial charge in [0.2, 0.25) is 0 Å². The summed E-state index contributed by atoms with van der Waals surface area (Å²) in [7, 11) is -2.08. The lowest BCUT2D eigenvalue weighted by Crippen LogP contribution is -2.39. The van der Waals surface area contributed by atoms with Gasteiger partial charge < -0.3 is 10.6 Å². The Kier molecular flexibility index (Phi) is 9.18. The quantitative estimate of drug-likeness (QED) is 0.313. The highest BCUT2D eigenvalue weighted by Crippen LogP contribution is 2.14. The van der Waals surface area contributed by atoms with Crippen LogP contribution in [0, 0.1) is 5.82 Å². The zero-order valence-corrected chi connectivity index (χ0v) is 14.8. The predicted octanol–water partition coefficient (Wildman–Crippen LogP) is 1.57. The van der Waals surface area contributed by atoms with Crippen LogP contribution in [0.2, 0.25) is 0 Å². The van der Waals surface area contributed by atoms with Crippen molar-refractivity contribution in [2.45, 2.75) is 4.90 Å². The molecule has 1 aromatic rings. The van der Waals surface area contributed by atoms with Gasteiger partial charge >= 0.3 is 0 Å². The number of rotatable bonds is 6. The largest absolute Gasteiger partial charge is 0.355 e. The summed E-state index contributed by atoms with van der Waals surface area (Å²) in [4.78, 5) is 3.63. The van der Waals surface area contributed by atoms with Gasteiger partial charge in [0.25, 0.3) is 0 Å². The number of nitrogens with one attached hydrogen (secondary N) is 2. The molecule has 0 atom stereocenters. The molecule has 0 unspecified atom stereocenters. The van der Waals surface area contributed by atoms with Crippen LogP contribution in [0.4, 0.5) is 4.39 Å². The number of aliphatic imine (C=N–C) groups is 1. The van der Waals surface area contributed by atoms with Crippen molar-refractivity contribution in [3.05, 3.63) is 42.7 Å². The van der Waals surface area contributed by atoms with Crippen LogP contribution in [0.3, 0.4) is 0 Å². The van der Waals surface area contributed by atoms with Crippen molar-refractivity contribution >= 4 is 39.8 Å². The summed E-state index contributed by atoms with van der Waals surface area (Å²) in [5.41, 5.74) is 0. The number of nitrogens with zero attached hydrogens (tertiary/aromatic N) is 1. The average Bonchev–Trinajstić information content (AvgIpc) is 2.42. The molecule has 1 aromatic carbocycles. The molecule has 0 aliphatic carbocycles. The second-order valence-electron chi connectivity index (χ2n) is 3.92. The Morgan fingerprint density at radius 3 is 2.62 bits per heavy atom. The van der Waals surface area contributed by atoms with Gasteiger partial charge in [-0.3, -0.25) is 4.99 Å². The molecule has 5 nitrogen and oxygen atoms in total. The molecular weight excluding hydrogens is 408 g/mol. The van der Waals surface area contributed by atoms with Crippen LogP contribution in [0.1, 0.15) is 0 Å². The SMILES string of the molecule is C=CCNC(=NC)NCCS(=O)(=O)c1ccccc1F.I. The molecule has 0 heterocycles. The Morgan fingerprint density at radius 2 is 2.05 bits per heavy atom. The molecule has 8 heteroatoms. The highest BCUT2D eigenvalue weighted by molar-refractivity contribution is 14.0. The van der Waals surface area contributed by atoms with Crippen molar-refractivity contribution in [3.8, 4) is 0 Å². The zero-order valence-electron chi connectivity index (χ0n) is 11.7. The van der Waals surface area contributed by atoms with Gasteiger partial charge in [-0.05, 0) is 12.1 Å². The van der Waals surface area contributed by atoms with E-state index in [9.17, 15) is 12.8 Å². The van der Waals surface area contributed by atoms with Crippen molar-refractivity contribution in [2.75, 3.05) is 25.9 Å². The molecule has 0 saturated heterocycles. The molecule has 0 aliphatic heterocycles. The Morgan fingerprint density at radius 1 is 1.38 bits per heavy atom. The molecule has 21 heavy (non-hydrogen) atoms. The van der Waals surface area contributed by atoms with E-state index in [-0.39, 0.29) is 41.2 Å². The van der Waals surface area contributed by atoms with E-state index >= 15 is 0 Å². The third-order valence-electron chi connectivity index (χ3n) is 2.47. The van der Waals surface area contributed by atoms with E-state index < -0.39 is 15.7 Å². The van der Waals surface area contributed by atoms with Gasteiger partial charge in [0.1, 0.15) is 10.7 Å². The Balaban J connectivity index is 0.00000400. The third kappa shape index (κ3) is 6.42. The van der Waals surface area contributed by atoms with Crippen LogP contribution in [0.5, 0.6) is 0 Å². The maximum Gasteiger partial charge on any atom is 0.191 e. The number of halogens is 2. The zero-order chi connectivity index (χ0) is 15.0. The summed E-state index contributed by atoms with van der Waals surface area (Å²) in [5.74, 6) is -0.488. The van der Waals surface area contributed by atoms with Gasteiger partial charge in [-0.25, -0.2) is 12.8 Å². The second-order valence-corrected chi connectivity index (χ2v) is 6.00. The van der Waals surface area contributed by atoms with Gasteiger partial charge in [-0.1, -0.05) is 18.2 Å². The molecule has 2 N–H and O–H groups in total. The van der Waals surface area contributed by atoms with Crippen LogP contribution >= 0.6 is 24.0 Å². The van der Waals surface area contributed by atoms with Crippen molar-refractivity contribution in [3.63, 3.8) is 0 Å². The summed E-state index contributed by atoms with van der Waals surface area (Å²) in [6.45, 7) is 4.20. The van der Waals surface area contributed by atoms with Gasteiger partial charge in [0.15, 0.2) is 15.8 Å². The van der Waals surface area contributed by atoms with Crippen molar-refractivity contribution in [1.29, 1.82) is 0 Å². The van der Waals surface area contributed by atoms with E-state index in [0.29, 0.717) is 12.5 Å². The van der Waals surface area contributed by atoms with E-state index in [1.165, 1.54) is 18.2 Å². The van der Waals surface area contributed by atoms with Gasteiger partial charge in [-0.15, -0.1) is 30.6 Å². The monoisotopic (exact) mass is 427 g/mol. The van der Waals surface area contributed by atoms with E-state index in [2.05, 4.69) is 22.2 Å². The molecule has 0 aromatic heterocycles. The molecule has 0 amide bonds. The summed E-state index contributed by atoms with van der Waals surface area (Å²) >= 11 is 0. The normalized spacial score (nSPS) is 11.4. The lowest BCUT2D eigenvalue weighted by atomic mass is 10.3. The van der Waals surface area contributed by atoms with Crippen LogP contribution in [0.15, 0.2) is 46.8 Å². The fourth-order valence-corrected chi connectivity index (χ4v) is 2.74. The van der Waals surface area contributed by atoms with Crippen LogP contribution in [-0.2, 0) is 9.84 Å². The second kappa shape index (κ2) is 9.72. The summed E-state index contributed by atoms with van der Waals surface area (Å²) in [6.07, 6.45) is 1.66. The highest BCUT2D eigenvalue weighted by Gasteiger charge is 2.18. The lowest BCUT2D eigenvalue weighted by molar-refractivity contribution is 0.566. The first-order valence-corrected chi connectivity index (χ1v) is 7.69. The van der Waals surface area contributed by atoms with Gasteiger partial charge in [0, 0.05) is 20.1 Å². The Bertz CT molecular complexity index is 591. The molecule has 0 radical (unpaired) electrons. The van der Waals surface area contributed by atoms with E-state index in [0.717, 1.165) is 6.07 Å². The molecular formula is C13H19FIN3O2S. The molecule has 0 aliphatic rings. The first kappa shape index (κ1) is 19.8. The summed E-state index contributed by atoms with van der Waals surface area (Å²) in [6, 6.07) is 5.34. The number of hydrogen-bond acceptors (Lipinski definition) is 3. The standard InChI is InChI=1S/C13H18FN3O2S.HI/c1-3-8-16-13(15-2)17-9-10-20(18,19)12-7-5-4-6-11(12)14;/h3-7H,1,8-10H2,2H3,(H2,15,16,17);1H. The van der Waals surface area contributed by atoms with Crippen molar-refractivity contribution in [2.24, 2.45) is 4.99 Å². The average molecular weight is 427 g/mol. The first-order valence-electron chi connectivity index (χ1n) is 6.04. The molecule has 0 bridgehead atoms. The number of benzene rings is 1. The first-order chi connectivity index (χ1) is 9.51. The summed E-state index contributed by atoms with van der Waals surface area (Å²) in [5, 5.41) is 5.75. The third-order valence-corrected chi connectivity index (χ3v) is 4.22. The van der Waals surface area contributed by atoms with Crippen LogP contribution in [-0.4, -0.2) is 40.3 Å². The Hall–Kier alpha value is -1.16. The minimum atomic E-state index is -3.66. The maximum atomic E-state index is 13.5. The fraction of sp³-hybridized carbons (Fsp3) is 0.308. The van der Waals surface area contributed by atoms with Crippen molar-refractivity contribution < 1.29 is 12.8 Å². The number of guanidine groups is 1. The van der Waals surface area contributed by atoms with Crippen LogP contribution in [0.25, 0.3) is 0 Å². The molecule has 1 rings (SSSR count). The van der Waals surface area contributed by atoms with E-state index in [1.54, 1.807) is 13.1 Å². The molecule has 0 spiro atoms. The molecule has 0 fully saturated rings. The fourth-order valence-electron chi connectivity index (χ4n) is 1.50. The highest BCUT2D eigenvalue weighted by atomic mass is 127. The maximum absolute atomic E-state index is 13.5. The minimum absolute atomic E-state index is 0. The molecule has 0 saturated carbocycles. The smallest absolute Gasteiger partial charge is 0.191 e. The van der Waals surface area contributed by atoms with Crippen LogP contribution < -0.4 is 10.6 Å². The summed E-state index contributed by atoms with van der Waals surface area (Å²) < 4.78 is 37.4. The lowest BCUT2D eigenvalue weighted by Gasteiger charge is -2.11.